The second-order valence-corrected chi connectivity index (χ2v) is 8.13. The van der Waals surface area contributed by atoms with E-state index in [0.717, 1.165) is 10.6 Å². The highest BCUT2D eigenvalue weighted by molar-refractivity contribution is 7.15. The fraction of sp³-hybridized carbons (Fsp3) is 0.0952. The van der Waals surface area contributed by atoms with Gasteiger partial charge in [-0.05, 0) is 52.8 Å². The lowest BCUT2D eigenvalue weighted by atomic mass is 10.1. The molecule has 1 amide bonds. The number of nitrogens with one attached hydrogen (secondary N) is 2. The molecule has 1 aliphatic heterocycles. The molecular weight excluding hydrogens is 440 g/mol. The molecule has 0 saturated carbocycles. The van der Waals surface area contributed by atoms with Gasteiger partial charge in [-0.2, -0.15) is 5.41 Å². The number of ether oxygens (including phenoxy) is 1. The molecule has 3 aromatic rings. The van der Waals surface area contributed by atoms with E-state index in [0.29, 0.717) is 27.9 Å². The molecule has 0 spiro atoms. The van der Waals surface area contributed by atoms with Crippen LogP contribution in [-0.4, -0.2) is 34.5 Å². The lowest BCUT2D eigenvalue weighted by Crippen LogP contribution is -2.53. The Morgan fingerprint density at radius 1 is 1.23 bits per heavy atom. The number of rotatable bonds is 6. The second kappa shape index (κ2) is 8.66. The second-order valence-electron chi connectivity index (χ2n) is 6.63. The summed E-state index contributed by atoms with van der Waals surface area (Å²) in [6.45, 7) is -0.435. The minimum Gasteiger partial charge on any atom is -0.482 e. The Bertz CT molecular complexity index is 1200. The molecule has 0 unspecified atom stereocenters. The first-order chi connectivity index (χ1) is 14.9. The summed E-state index contributed by atoms with van der Waals surface area (Å²) in [6, 6.07) is 14.0. The Hall–Kier alpha value is -3.56. The van der Waals surface area contributed by atoms with Crippen LogP contribution in [0.1, 0.15) is 16.1 Å². The van der Waals surface area contributed by atoms with Crippen LogP contribution in [0.5, 0.6) is 5.75 Å². The van der Waals surface area contributed by atoms with Gasteiger partial charge in [0.25, 0.3) is 5.84 Å². The third-order valence-corrected chi connectivity index (χ3v) is 5.55. The molecular formula is C21H16ClN4O4S+. The van der Waals surface area contributed by atoms with E-state index in [4.69, 9.17) is 26.9 Å². The molecule has 0 fully saturated rings. The van der Waals surface area contributed by atoms with Crippen LogP contribution in [0.15, 0.2) is 54.1 Å². The van der Waals surface area contributed by atoms with Gasteiger partial charge >= 0.3 is 17.0 Å². The van der Waals surface area contributed by atoms with Crippen molar-refractivity contribution in [3.05, 3.63) is 75.3 Å². The number of carboxylic acid groups (broad SMARTS) is 1. The van der Waals surface area contributed by atoms with Gasteiger partial charge in [-0.1, -0.05) is 45.6 Å². The van der Waals surface area contributed by atoms with E-state index in [1.54, 1.807) is 42.5 Å². The number of hydrogen-bond acceptors (Lipinski definition) is 6. The number of nitrogens with zero attached hydrogens (tertiary/aromatic N) is 2. The maximum absolute atomic E-state index is 12.6. The number of aromatic nitrogens is 2. The van der Waals surface area contributed by atoms with Crippen molar-refractivity contribution in [2.75, 3.05) is 11.9 Å². The minimum atomic E-state index is -1.06. The van der Waals surface area contributed by atoms with E-state index < -0.39 is 18.5 Å². The molecule has 10 heteroatoms. The maximum atomic E-state index is 12.6. The zero-order chi connectivity index (χ0) is 22.0. The van der Waals surface area contributed by atoms with Gasteiger partial charge in [-0.15, -0.1) is 0 Å². The first-order valence-corrected chi connectivity index (χ1v) is 10.3. The number of carboxylic acids is 1. The predicted molar refractivity (Wildman–Crippen MR) is 116 cm³/mol. The number of hydrogen-bond donors (Lipinski definition) is 3. The van der Waals surface area contributed by atoms with Crippen LogP contribution in [0, 0.1) is 5.41 Å². The van der Waals surface area contributed by atoms with Gasteiger partial charge in [-0.3, -0.25) is 4.79 Å². The van der Waals surface area contributed by atoms with E-state index in [9.17, 15) is 9.59 Å². The number of carbonyl (C=O) groups is 2. The standard InChI is InChI=1S/C21H15ClN4O4S/c22-14-5-1-13(2-6-14)10-17-25-26-19(23)16(20(29)24-21(26)31-17)9-12-3-7-15(8-4-12)30-11-18(27)28/h1-9,23H,10-11H2,(H,27,28)/p+1/b16-9-,23-19?. The lowest BCUT2D eigenvalue weighted by Gasteiger charge is -2.09. The molecule has 2 heterocycles. The Morgan fingerprint density at radius 2 is 1.94 bits per heavy atom. The van der Waals surface area contributed by atoms with Gasteiger partial charge in [0, 0.05) is 11.4 Å². The third kappa shape index (κ3) is 4.79. The molecule has 0 radical (unpaired) electrons. The molecule has 0 atom stereocenters. The zero-order valence-electron chi connectivity index (χ0n) is 16.0. The van der Waals surface area contributed by atoms with Crippen molar-refractivity contribution in [1.82, 2.24) is 5.10 Å². The number of fused-ring (bicyclic) bond motifs is 1. The number of anilines is 1. The molecule has 0 bridgehead atoms. The summed E-state index contributed by atoms with van der Waals surface area (Å²) in [5, 5.41) is 26.3. The number of amides is 1. The molecule has 1 aromatic heterocycles. The van der Waals surface area contributed by atoms with E-state index in [1.165, 1.54) is 16.0 Å². The predicted octanol–water partition coefficient (Wildman–Crippen LogP) is 3.00. The van der Waals surface area contributed by atoms with Crippen LogP contribution in [0.2, 0.25) is 5.02 Å². The molecule has 2 aromatic carbocycles. The van der Waals surface area contributed by atoms with E-state index in [2.05, 4.69) is 10.4 Å². The molecule has 8 nitrogen and oxygen atoms in total. The SMILES string of the molecule is N=C1/C(=C/c2ccc(OCC(=O)O)cc2)C(=O)Nc2sc(Cc3ccc(Cl)cc3)n[n+]21. The highest BCUT2D eigenvalue weighted by atomic mass is 35.5. The van der Waals surface area contributed by atoms with Crippen molar-refractivity contribution in [3.63, 3.8) is 0 Å². The van der Waals surface area contributed by atoms with Crippen molar-refractivity contribution in [1.29, 1.82) is 5.41 Å². The zero-order valence-corrected chi connectivity index (χ0v) is 17.5. The Labute approximate surface area is 185 Å². The summed E-state index contributed by atoms with van der Waals surface area (Å²) in [5.41, 5.74) is 1.85. The van der Waals surface area contributed by atoms with Crippen molar-refractivity contribution in [2.24, 2.45) is 0 Å². The van der Waals surface area contributed by atoms with Crippen molar-refractivity contribution >= 4 is 51.9 Å². The lowest BCUT2D eigenvalue weighted by molar-refractivity contribution is -0.603. The molecule has 0 aliphatic carbocycles. The summed E-state index contributed by atoms with van der Waals surface area (Å²) in [4.78, 5) is 23.1. The van der Waals surface area contributed by atoms with Crippen LogP contribution >= 0.6 is 22.9 Å². The van der Waals surface area contributed by atoms with E-state index in [1.807, 2.05) is 12.1 Å². The fourth-order valence-electron chi connectivity index (χ4n) is 2.90. The Balaban J connectivity index is 1.54. The quantitative estimate of drug-likeness (QED) is 0.390. The number of halogens is 1. The van der Waals surface area contributed by atoms with Crippen molar-refractivity contribution in [3.8, 4) is 5.75 Å². The summed E-state index contributed by atoms with van der Waals surface area (Å²) in [6.07, 6.45) is 2.13. The van der Waals surface area contributed by atoms with Gasteiger partial charge in [-0.25, -0.2) is 10.1 Å². The highest BCUT2D eigenvalue weighted by Gasteiger charge is 2.35. The topological polar surface area (TPSA) is 116 Å². The average Bonchev–Trinajstić information content (AvgIpc) is 3.14. The smallest absolute Gasteiger partial charge is 0.341 e. The molecule has 156 valence electrons. The summed E-state index contributed by atoms with van der Waals surface area (Å²) in [5.74, 6) is -1.08. The van der Waals surface area contributed by atoms with Gasteiger partial charge in [0.15, 0.2) is 6.61 Å². The van der Waals surface area contributed by atoms with Gasteiger partial charge in [0.1, 0.15) is 16.3 Å². The van der Waals surface area contributed by atoms with Crippen molar-refractivity contribution in [2.45, 2.75) is 6.42 Å². The molecule has 3 N–H and O–H groups in total. The largest absolute Gasteiger partial charge is 0.482 e. The highest BCUT2D eigenvalue weighted by Crippen LogP contribution is 2.23. The molecule has 31 heavy (non-hydrogen) atoms. The Kier molecular flexibility index (Phi) is 5.79. The first-order valence-electron chi connectivity index (χ1n) is 9.12. The first kappa shape index (κ1) is 20.7. The average molecular weight is 456 g/mol. The monoisotopic (exact) mass is 455 g/mol. The minimum absolute atomic E-state index is 0.0245. The molecule has 0 saturated heterocycles. The fourth-order valence-corrected chi connectivity index (χ4v) is 3.98. The summed E-state index contributed by atoms with van der Waals surface area (Å²) in [7, 11) is 0. The van der Waals surface area contributed by atoms with E-state index >= 15 is 0 Å². The van der Waals surface area contributed by atoms with Gasteiger partial charge in [0.05, 0.1) is 0 Å². The van der Waals surface area contributed by atoms with Crippen molar-refractivity contribution < 1.29 is 24.1 Å². The maximum Gasteiger partial charge on any atom is 0.341 e. The number of carbonyl (C=O) groups excluding carboxylic acids is 1. The Morgan fingerprint density at radius 3 is 2.61 bits per heavy atom. The molecule has 1 aliphatic rings. The van der Waals surface area contributed by atoms with Crippen LogP contribution in [-0.2, 0) is 16.0 Å². The third-order valence-electron chi connectivity index (χ3n) is 4.37. The van der Waals surface area contributed by atoms with Gasteiger partial charge < -0.3 is 9.84 Å². The van der Waals surface area contributed by atoms with Crippen LogP contribution in [0.25, 0.3) is 6.08 Å². The van der Waals surface area contributed by atoms with Gasteiger partial charge in [0.2, 0.25) is 0 Å². The summed E-state index contributed by atoms with van der Waals surface area (Å²) >= 11 is 7.24. The van der Waals surface area contributed by atoms with Crippen LogP contribution in [0.4, 0.5) is 5.13 Å². The van der Waals surface area contributed by atoms with E-state index in [-0.39, 0.29) is 11.4 Å². The number of benzene rings is 2. The summed E-state index contributed by atoms with van der Waals surface area (Å²) < 4.78 is 6.51. The number of aliphatic carboxylic acids is 1. The van der Waals surface area contributed by atoms with Crippen LogP contribution in [0.3, 0.4) is 0 Å². The molecule has 4 rings (SSSR count). The van der Waals surface area contributed by atoms with Crippen LogP contribution < -0.4 is 14.7 Å². The normalized spacial score (nSPS) is 14.3.